The second kappa shape index (κ2) is 12.4. The molecule has 1 heterocycles. The minimum Gasteiger partial charge on any atom is -0.344 e. The van der Waals surface area contributed by atoms with Gasteiger partial charge in [-0.05, 0) is 56.3 Å². The van der Waals surface area contributed by atoms with E-state index in [4.69, 9.17) is 0 Å². The fourth-order valence-electron chi connectivity index (χ4n) is 3.51. The maximum Gasteiger partial charge on any atom is 0.248 e. The van der Waals surface area contributed by atoms with Gasteiger partial charge in [-0.15, -0.1) is 0 Å². The van der Waals surface area contributed by atoms with E-state index in [1.807, 2.05) is 13.8 Å². The zero-order valence-corrected chi connectivity index (χ0v) is 21.7. The summed E-state index contributed by atoms with van der Waals surface area (Å²) in [7, 11) is 0. The number of anilines is 1. The van der Waals surface area contributed by atoms with Crippen molar-refractivity contribution >= 4 is 28.3 Å². The van der Waals surface area contributed by atoms with Crippen LogP contribution in [0.4, 0.5) is 13.9 Å². The number of carbonyl (C=O) groups excluding carboxylic acids is 2. The van der Waals surface area contributed by atoms with E-state index in [2.05, 4.69) is 48.6 Å². The maximum absolute atomic E-state index is 13.4. The third-order valence-corrected chi connectivity index (χ3v) is 6.55. The molecule has 0 aliphatic carbocycles. The minimum atomic E-state index is -0.772. The lowest BCUT2D eigenvalue weighted by Gasteiger charge is -2.20. The first-order valence-electron chi connectivity index (χ1n) is 11.6. The number of halogens is 2. The van der Waals surface area contributed by atoms with Gasteiger partial charge in [0.1, 0.15) is 17.7 Å². The normalized spacial score (nSPS) is 13.4. The molecular formula is C25H36F2N4O2S. The fourth-order valence-corrected chi connectivity index (χ4v) is 4.51. The summed E-state index contributed by atoms with van der Waals surface area (Å²) in [6.45, 7) is 13.4. The van der Waals surface area contributed by atoms with E-state index >= 15 is 0 Å². The van der Waals surface area contributed by atoms with Crippen LogP contribution in [-0.2, 0) is 16.0 Å². The van der Waals surface area contributed by atoms with Crippen molar-refractivity contribution in [3.05, 3.63) is 46.0 Å². The standard InChI is InChI=1S/C25H36F2N4O2S/c1-7-8-20(30-21(32)13-17-11-18(26)14-19(27)12-17)23(33)31-24-29-16(3)22(34-24)15(2)28-10-9-25(4,5)6/h11-12,14-15,20,28H,7-10,13H2,1-6H3,(H,30,32)(H,29,31,33). The molecule has 0 bridgehead atoms. The van der Waals surface area contributed by atoms with E-state index in [0.717, 1.165) is 41.7 Å². The summed E-state index contributed by atoms with van der Waals surface area (Å²) in [5.74, 6) is -2.34. The Bertz CT molecular complexity index is 968. The third-order valence-electron chi connectivity index (χ3n) is 5.30. The third kappa shape index (κ3) is 9.10. The Morgan fingerprint density at radius 1 is 1.15 bits per heavy atom. The number of nitrogens with zero attached hydrogens (tertiary/aromatic N) is 1. The van der Waals surface area contributed by atoms with Gasteiger partial charge >= 0.3 is 0 Å². The molecule has 2 amide bonds. The molecule has 34 heavy (non-hydrogen) atoms. The smallest absolute Gasteiger partial charge is 0.248 e. The number of nitrogens with one attached hydrogen (secondary N) is 3. The lowest BCUT2D eigenvalue weighted by atomic mass is 9.92. The number of aromatic nitrogens is 1. The van der Waals surface area contributed by atoms with Crippen LogP contribution < -0.4 is 16.0 Å². The Morgan fingerprint density at radius 3 is 2.38 bits per heavy atom. The van der Waals surface area contributed by atoms with Crippen molar-refractivity contribution in [3.8, 4) is 0 Å². The Morgan fingerprint density at radius 2 is 1.79 bits per heavy atom. The lowest BCUT2D eigenvalue weighted by Crippen LogP contribution is -2.44. The fraction of sp³-hybridized carbons (Fsp3) is 0.560. The number of hydrogen-bond donors (Lipinski definition) is 3. The molecule has 1 aromatic carbocycles. The van der Waals surface area contributed by atoms with Gasteiger partial charge in [-0.25, -0.2) is 13.8 Å². The highest BCUT2D eigenvalue weighted by Crippen LogP contribution is 2.29. The summed E-state index contributed by atoms with van der Waals surface area (Å²) in [5, 5.41) is 9.48. The number of aryl methyl sites for hydroxylation is 1. The quantitative estimate of drug-likeness (QED) is 0.397. The van der Waals surface area contributed by atoms with Crippen LogP contribution in [0.15, 0.2) is 18.2 Å². The summed E-state index contributed by atoms with van der Waals surface area (Å²) in [6, 6.07) is 2.29. The number of thiazole rings is 1. The largest absolute Gasteiger partial charge is 0.344 e. The second-order valence-electron chi connectivity index (χ2n) is 9.81. The predicted molar refractivity (Wildman–Crippen MR) is 133 cm³/mol. The Labute approximate surface area is 204 Å². The van der Waals surface area contributed by atoms with Crippen molar-refractivity contribution in [1.29, 1.82) is 0 Å². The molecule has 0 aliphatic heterocycles. The number of benzene rings is 1. The van der Waals surface area contributed by atoms with Crippen molar-refractivity contribution < 1.29 is 18.4 Å². The van der Waals surface area contributed by atoms with E-state index < -0.39 is 23.6 Å². The summed E-state index contributed by atoms with van der Waals surface area (Å²) in [6.07, 6.45) is 1.92. The van der Waals surface area contributed by atoms with Gasteiger partial charge in [-0.2, -0.15) is 0 Å². The van der Waals surface area contributed by atoms with Gasteiger partial charge in [0.2, 0.25) is 11.8 Å². The zero-order chi connectivity index (χ0) is 25.5. The molecule has 0 saturated carbocycles. The van der Waals surface area contributed by atoms with E-state index in [-0.39, 0.29) is 29.3 Å². The first-order valence-corrected chi connectivity index (χ1v) is 12.5. The van der Waals surface area contributed by atoms with Crippen molar-refractivity contribution in [3.63, 3.8) is 0 Å². The van der Waals surface area contributed by atoms with Crippen molar-refractivity contribution in [2.45, 2.75) is 79.3 Å². The van der Waals surface area contributed by atoms with E-state index in [1.54, 1.807) is 0 Å². The molecule has 0 aliphatic rings. The Kier molecular flexibility index (Phi) is 10.1. The van der Waals surface area contributed by atoms with Crippen LogP contribution in [0.3, 0.4) is 0 Å². The first-order chi connectivity index (χ1) is 15.9. The van der Waals surface area contributed by atoms with E-state index in [0.29, 0.717) is 18.0 Å². The zero-order valence-electron chi connectivity index (χ0n) is 20.9. The van der Waals surface area contributed by atoms with Gasteiger partial charge in [0.15, 0.2) is 5.13 Å². The molecule has 0 fully saturated rings. The van der Waals surface area contributed by atoms with Gasteiger partial charge < -0.3 is 16.0 Å². The molecule has 1 aromatic heterocycles. The Hall–Kier alpha value is -2.39. The number of carbonyl (C=O) groups is 2. The van der Waals surface area contributed by atoms with Gasteiger partial charge in [0, 0.05) is 17.0 Å². The molecule has 2 rings (SSSR count). The Balaban J connectivity index is 1.99. The second-order valence-corrected chi connectivity index (χ2v) is 10.8. The van der Waals surface area contributed by atoms with Crippen LogP contribution in [0, 0.1) is 24.0 Å². The molecule has 188 valence electrons. The summed E-state index contributed by atoms with van der Waals surface area (Å²) < 4.78 is 26.8. The van der Waals surface area contributed by atoms with Gasteiger partial charge in [-0.3, -0.25) is 9.59 Å². The molecular weight excluding hydrogens is 458 g/mol. The van der Waals surface area contributed by atoms with Crippen LogP contribution in [0.25, 0.3) is 0 Å². The molecule has 0 spiro atoms. The van der Waals surface area contributed by atoms with Gasteiger partial charge in [0.25, 0.3) is 0 Å². The molecule has 3 N–H and O–H groups in total. The number of amides is 2. The summed E-state index contributed by atoms with van der Waals surface area (Å²) in [4.78, 5) is 30.9. The highest BCUT2D eigenvalue weighted by Gasteiger charge is 2.23. The molecule has 2 aromatic rings. The highest BCUT2D eigenvalue weighted by atomic mass is 32.1. The van der Waals surface area contributed by atoms with Crippen LogP contribution in [0.1, 0.15) is 76.1 Å². The van der Waals surface area contributed by atoms with Crippen molar-refractivity contribution in [2.24, 2.45) is 5.41 Å². The van der Waals surface area contributed by atoms with E-state index in [1.165, 1.54) is 11.3 Å². The molecule has 9 heteroatoms. The first kappa shape index (κ1) is 27.9. The lowest BCUT2D eigenvalue weighted by molar-refractivity contribution is -0.126. The van der Waals surface area contributed by atoms with Crippen LogP contribution in [-0.4, -0.2) is 29.4 Å². The molecule has 0 radical (unpaired) electrons. The monoisotopic (exact) mass is 494 g/mol. The maximum atomic E-state index is 13.4. The minimum absolute atomic E-state index is 0.100. The van der Waals surface area contributed by atoms with Gasteiger partial charge in [-0.1, -0.05) is 45.5 Å². The number of hydrogen-bond acceptors (Lipinski definition) is 5. The molecule has 2 unspecified atom stereocenters. The van der Waals surface area contributed by atoms with Crippen LogP contribution >= 0.6 is 11.3 Å². The average molecular weight is 495 g/mol. The molecule has 2 atom stereocenters. The molecule has 6 nitrogen and oxygen atoms in total. The predicted octanol–water partition coefficient (Wildman–Crippen LogP) is 5.28. The SMILES string of the molecule is CCCC(NC(=O)Cc1cc(F)cc(F)c1)C(=O)Nc1nc(C)c(C(C)NCCC(C)(C)C)s1. The highest BCUT2D eigenvalue weighted by molar-refractivity contribution is 7.16. The van der Waals surface area contributed by atoms with Crippen molar-refractivity contribution in [1.82, 2.24) is 15.6 Å². The summed E-state index contributed by atoms with van der Waals surface area (Å²) in [5.41, 5.74) is 1.30. The number of rotatable bonds is 11. The summed E-state index contributed by atoms with van der Waals surface area (Å²) >= 11 is 1.41. The van der Waals surface area contributed by atoms with Crippen molar-refractivity contribution in [2.75, 3.05) is 11.9 Å². The van der Waals surface area contributed by atoms with Gasteiger partial charge in [0.05, 0.1) is 12.1 Å². The van der Waals surface area contributed by atoms with Crippen LogP contribution in [0.2, 0.25) is 0 Å². The average Bonchev–Trinajstić information content (AvgIpc) is 3.05. The van der Waals surface area contributed by atoms with E-state index in [9.17, 15) is 18.4 Å². The van der Waals surface area contributed by atoms with Crippen LogP contribution in [0.5, 0.6) is 0 Å². The topological polar surface area (TPSA) is 83.1 Å². The molecule has 0 saturated heterocycles.